The van der Waals surface area contributed by atoms with Gasteiger partial charge >= 0.3 is 0 Å². The van der Waals surface area contributed by atoms with Crippen molar-refractivity contribution >= 4 is 20.7 Å². The van der Waals surface area contributed by atoms with Crippen LogP contribution >= 0.6 is 0 Å². The molecule has 7 nitrogen and oxygen atoms in total. The molecule has 24 heavy (non-hydrogen) atoms. The zero-order valence-corrected chi connectivity index (χ0v) is 14.0. The average Bonchev–Trinajstić information content (AvgIpc) is 2.54. The minimum Gasteiger partial charge on any atom is -0.322 e. The van der Waals surface area contributed by atoms with Gasteiger partial charge in [0.25, 0.3) is 5.56 Å². The molecule has 1 aromatic carbocycles. The molecule has 0 spiro atoms. The quantitative estimate of drug-likeness (QED) is 0.765. The van der Waals surface area contributed by atoms with E-state index in [1.807, 2.05) is 0 Å². The highest BCUT2D eigenvalue weighted by Gasteiger charge is 2.21. The van der Waals surface area contributed by atoms with Crippen LogP contribution in [0.2, 0.25) is 0 Å². The maximum atomic E-state index is 13.1. The Morgan fingerprint density at radius 3 is 2.54 bits per heavy atom. The largest absolute Gasteiger partial charge is 0.322 e. The molecule has 124 valence electrons. The van der Waals surface area contributed by atoms with Crippen LogP contribution in [0.5, 0.6) is 0 Å². The maximum absolute atomic E-state index is 13.1. The number of aromatic nitrogens is 3. The van der Waals surface area contributed by atoms with Crippen molar-refractivity contribution in [2.24, 2.45) is 5.73 Å². The standard InChI is InChI=1S/C16H16N4O3S/c1-10(17)15-19-12-6-3-7-13(24(2,22)23)14(12)16(21)20(15)11-5-4-8-18-9-11/h3-10H,17H2,1-2H3. The Kier molecular flexibility index (Phi) is 3.94. The third-order valence-corrected chi connectivity index (χ3v) is 4.74. The van der Waals surface area contributed by atoms with E-state index in [0.29, 0.717) is 17.0 Å². The molecule has 0 saturated heterocycles. The number of sulfone groups is 1. The van der Waals surface area contributed by atoms with E-state index in [9.17, 15) is 13.2 Å². The Morgan fingerprint density at radius 2 is 1.96 bits per heavy atom. The lowest BCUT2D eigenvalue weighted by atomic mass is 10.2. The molecule has 0 amide bonds. The van der Waals surface area contributed by atoms with Crippen molar-refractivity contribution in [2.75, 3.05) is 6.26 Å². The molecule has 0 aliphatic carbocycles. The summed E-state index contributed by atoms with van der Waals surface area (Å²) >= 11 is 0. The summed E-state index contributed by atoms with van der Waals surface area (Å²) in [6.45, 7) is 1.71. The second-order valence-corrected chi connectivity index (χ2v) is 7.52. The van der Waals surface area contributed by atoms with Gasteiger partial charge in [-0.3, -0.25) is 14.3 Å². The number of nitrogens with two attached hydrogens (primary N) is 1. The summed E-state index contributed by atoms with van der Waals surface area (Å²) in [6, 6.07) is 7.41. The van der Waals surface area contributed by atoms with Crippen molar-refractivity contribution in [1.29, 1.82) is 0 Å². The molecular formula is C16H16N4O3S. The van der Waals surface area contributed by atoms with Gasteiger partial charge in [-0.05, 0) is 31.2 Å². The van der Waals surface area contributed by atoms with Crippen LogP contribution in [0.15, 0.2) is 52.4 Å². The zero-order valence-electron chi connectivity index (χ0n) is 13.2. The molecule has 2 aromatic heterocycles. The van der Waals surface area contributed by atoms with Crippen LogP contribution in [0.4, 0.5) is 0 Å². The molecule has 2 heterocycles. The highest BCUT2D eigenvalue weighted by molar-refractivity contribution is 7.91. The maximum Gasteiger partial charge on any atom is 0.267 e. The summed E-state index contributed by atoms with van der Waals surface area (Å²) in [5.41, 5.74) is 6.27. The number of hydrogen-bond acceptors (Lipinski definition) is 6. The van der Waals surface area contributed by atoms with E-state index < -0.39 is 21.4 Å². The fourth-order valence-electron chi connectivity index (χ4n) is 2.57. The van der Waals surface area contributed by atoms with Crippen LogP contribution in [0.3, 0.4) is 0 Å². The number of fused-ring (bicyclic) bond motifs is 1. The van der Waals surface area contributed by atoms with Gasteiger partial charge in [0.05, 0.1) is 33.7 Å². The van der Waals surface area contributed by atoms with Crippen LogP contribution in [0, 0.1) is 0 Å². The van der Waals surface area contributed by atoms with Gasteiger partial charge in [0.1, 0.15) is 5.82 Å². The van der Waals surface area contributed by atoms with Crippen LogP contribution in [0.25, 0.3) is 16.6 Å². The highest BCUT2D eigenvalue weighted by atomic mass is 32.2. The third kappa shape index (κ3) is 2.70. The fourth-order valence-corrected chi connectivity index (χ4v) is 3.46. The summed E-state index contributed by atoms with van der Waals surface area (Å²) < 4.78 is 25.4. The third-order valence-electron chi connectivity index (χ3n) is 3.60. The number of pyridine rings is 1. The normalized spacial score (nSPS) is 13.1. The summed E-state index contributed by atoms with van der Waals surface area (Å²) in [7, 11) is -3.58. The van der Waals surface area contributed by atoms with Crippen molar-refractivity contribution < 1.29 is 8.42 Å². The molecule has 3 rings (SSSR count). The van der Waals surface area contributed by atoms with Gasteiger partial charge in [0.2, 0.25) is 0 Å². The van der Waals surface area contributed by atoms with E-state index in [-0.39, 0.29) is 10.3 Å². The first-order valence-corrected chi connectivity index (χ1v) is 9.11. The van der Waals surface area contributed by atoms with Crippen LogP contribution in [-0.2, 0) is 9.84 Å². The smallest absolute Gasteiger partial charge is 0.267 e. The molecule has 0 saturated carbocycles. The first-order chi connectivity index (χ1) is 11.3. The van der Waals surface area contributed by atoms with E-state index in [1.165, 1.54) is 16.8 Å². The lowest BCUT2D eigenvalue weighted by Gasteiger charge is -2.16. The lowest BCUT2D eigenvalue weighted by Crippen LogP contribution is -2.28. The van der Waals surface area contributed by atoms with Crippen LogP contribution < -0.4 is 11.3 Å². The van der Waals surface area contributed by atoms with Crippen molar-refractivity contribution in [3.8, 4) is 5.69 Å². The Morgan fingerprint density at radius 1 is 1.21 bits per heavy atom. The summed E-state index contributed by atoms with van der Waals surface area (Å²) in [4.78, 5) is 21.5. The van der Waals surface area contributed by atoms with Gasteiger partial charge in [0, 0.05) is 12.5 Å². The minimum absolute atomic E-state index is 0.0493. The number of benzene rings is 1. The predicted molar refractivity (Wildman–Crippen MR) is 90.8 cm³/mol. The van der Waals surface area contributed by atoms with Gasteiger partial charge < -0.3 is 5.73 Å². The second-order valence-electron chi connectivity index (χ2n) is 5.53. The summed E-state index contributed by atoms with van der Waals surface area (Å²) in [5, 5.41) is 0.0493. The molecule has 0 fully saturated rings. The van der Waals surface area contributed by atoms with E-state index in [2.05, 4.69) is 9.97 Å². The molecule has 0 aliphatic rings. The average molecular weight is 344 g/mol. The molecule has 2 N–H and O–H groups in total. The highest BCUT2D eigenvalue weighted by Crippen LogP contribution is 2.21. The van der Waals surface area contributed by atoms with E-state index in [0.717, 1.165) is 6.26 Å². The Bertz CT molecular complexity index is 1070. The zero-order chi connectivity index (χ0) is 17.5. The molecule has 1 atom stereocenters. The number of nitrogens with zero attached hydrogens (tertiary/aromatic N) is 3. The van der Waals surface area contributed by atoms with E-state index >= 15 is 0 Å². The molecule has 0 bridgehead atoms. The van der Waals surface area contributed by atoms with E-state index in [1.54, 1.807) is 37.4 Å². The lowest BCUT2D eigenvalue weighted by molar-refractivity contribution is 0.602. The number of hydrogen-bond donors (Lipinski definition) is 1. The first kappa shape index (κ1) is 16.3. The van der Waals surface area contributed by atoms with Gasteiger partial charge in [-0.1, -0.05) is 6.07 Å². The number of rotatable bonds is 3. The molecule has 0 radical (unpaired) electrons. The molecule has 0 aliphatic heterocycles. The van der Waals surface area contributed by atoms with E-state index in [4.69, 9.17) is 5.73 Å². The Balaban J connectivity index is 2.53. The van der Waals surface area contributed by atoms with Crippen molar-refractivity contribution in [1.82, 2.24) is 14.5 Å². The molecular weight excluding hydrogens is 328 g/mol. The SMILES string of the molecule is CC(N)c1nc2cccc(S(C)(=O)=O)c2c(=O)n1-c1cccnc1. The monoisotopic (exact) mass is 344 g/mol. The minimum atomic E-state index is -3.58. The van der Waals surface area contributed by atoms with Gasteiger partial charge in [-0.25, -0.2) is 13.4 Å². The van der Waals surface area contributed by atoms with Gasteiger partial charge in [-0.2, -0.15) is 0 Å². The Hall–Kier alpha value is -2.58. The topological polar surface area (TPSA) is 108 Å². The van der Waals surface area contributed by atoms with Gasteiger partial charge in [-0.15, -0.1) is 0 Å². The van der Waals surface area contributed by atoms with Crippen LogP contribution in [-0.4, -0.2) is 29.2 Å². The van der Waals surface area contributed by atoms with Crippen molar-refractivity contribution in [2.45, 2.75) is 17.9 Å². The van der Waals surface area contributed by atoms with Crippen molar-refractivity contribution in [3.05, 3.63) is 58.9 Å². The predicted octanol–water partition coefficient (Wildman–Crippen LogP) is 1.20. The summed E-state index contributed by atoms with van der Waals surface area (Å²) in [5.74, 6) is 0.339. The molecule has 3 aromatic rings. The van der Waals surface area contributed by atoms with Crippen molar-refractivity contribution in [3.63, 3.8) is 0 Å². The second kappa shape index (κ2) is 5.81. The fraction of sp³-hybridized carbons (Fsp3) is 0.188. The Labute approximate surface area is 138 Å². The molecule has 1 unspecified atom stereocenters. The summed E-state index contributed by atoms with van der Waals surface area (Å²) in [6.07, 6.45) is 4.15. The first-order valence-electron chi connectivity index (χ1n) is 7.22. The van der Waals surface area contributed by atoms with Crippen LogP contribution in [0.1, 0.15) is 18.8 Å². The van der Waals surface area contributed by atoms with Gasteiger partial charge in [0.15, 0.2) is 9.84 Å². The molecule has 8 heteroatoms.